The highest BCUT2D eigenvalue weighted by molar-refractivity contribution is 6.30. The zero-order valence-corrected chi connectivity index (χ0v) is 14.6. The number of halogens is 1. The van der Waals surface area contributed by atoms with Gasteiger partial charge in [0.25, 0.3) is 0 Å². The van der Waals surface area contributed by atoms with Gasteiger partial charge in [-0.2, -0.15) is 0 Å². The quantitative estimate of drug-likeness (QED) is 0.836. The molecule has 1 aromatic carbocycles. The van der Waals surface area contributed by atoms with Gasteiger partial charge in [-0.05, 0) is 36.0 Å². The van der Waals surface area contributed by atoms with Crippen molar-refractivity contribution in [2.75, 3.05) is 18.0 Å². The molecule has 1 aliphatic rings. The maximum atomic E-state index is 6.23. The first-order chi connectivity index (χ1) is 9.93. The number of nitrogens with zero attached hydrogens (tertiary/aromatic N) is 1. The Morgan fingerprint density at radius 1 is 1.29 bits per heavy atom. The molecule has 118 valence electrons. The summed E-state index contributed by atoms with van der Waals surface area (Å²) in [6.45, 7) is 12.3. The monoisotopic (exact) mass is 308 g/mol. The van der Waals surface area contributed by atoms with Crippen molar-refractivity contribution in [1.29, 1.82) is 0 Å². The molecule has 0 atom stereocenters. The van der Waals surface area contributed by atoms with E-state index in [0.717, 1.165) is 24.7 Å². The van der Waals surface area contributed by atoms with E-state index in [-0.39, 0.29) is 0 Å². The molecule has 2 nitrogen and oxygen atoms in total. The van der Waals surface area contributed by atoms with E-state index < -0.39 is 0 Å². The molecule has 0 radical (unpaired) electrons. The fourth-order valence-corrected chi connectivity index (χ4v) is 3.10. The highest BCUT2D eigenvalue weighted by Crippen LogP contribution is 2.37. The van der Waals surface area contributed by atoms with Crippen LogP contribution in [0.1, 0.15) is 52.5 Å². The second-order valence-corrected chi connectivity index (χ2v) is 7.40. The summed E-state index contributed by atoms with van der Waals surface area (Å²) >= 11 is 6.23. The highest BCUT2D eigenvalue weighted by atomic mass is 35.5. The number of hydrogen-bond acceptors (Lipinski definition) is 2. The molecule has 0 aliphatic carbocycles. The van der Waals surface area contributed by atoms with Crippen molar-refractivity contribution in [3.63, 3.8) is 0 Å². The van der Waals surface area contributed by atoms with Crippen LogP contribution in [0, 0.1) is 5.41 Å². The molecule has 0 amide bonds. The number of piperidine rings is 1. The molecule has 1 aromatic rings. The minimum absolute atomic E-state index is 0.498. The highest BCUT2D eigenvalue weighted by Gasteiger charge is 2.29. The Hall–Kier alpha value is -0.730. The third kappa shape index (κ3) is 4.37. The Labute approximate surface area is 134 Å². The fraction of sp³-hybridized carbons (Fsp3) is 0.667. The third-order valence-electron chi connectivity index (χ3n) is 4.91. The number of nitrogens with one attached hydrogen (secondary N) is 1. The van der Waals surface area contributed by atoms with Gasteiger partial charge >= 0.3 is 0 Å². The predicted molar refractivity (Wildman–Crippen MR) is 93.3 cm³/mol. The summed E-state index contributed by atoms with van der Waals surface area (Å²) in [7, 11) is 0. The van der Waals surface area contributed by atoms with E-state index in [2.05, 4.69) is 50.0 Å². The van der Waals surface area contributed by atoms with Crippen molar-refractivity contribution in [2.45, 2.75) is 59.5 Å². The lowest BCUT2D eigenvalue weighted by Crippen LogP contribution is -2.39. The van der Waals surface area contributed by atoms with Crippen LogP contribution in [0.15, 0.2) is 18.2 Å². The molecular formula is C18H29ClN2. The van der Waals surface area contributed by atoms with Gasteiger partial charge in [0.05, 0.1) is 0 Å². The molecule has 0 bridgehead atoms. The van der Waals surface area contributed by atoms with Crippen LogP contribution in [0.5, 0.6) is 0 Å². The Bertz CT molecular complexity index is 462. The lowest BCUT2D eigenvalue weighted by molar-refractivity contribution is 0.238. The van der Waals surface area contributed by atoms with Crippen LogP contribution in [-0.2, 0) is 6.54 Å². The summed E-state index contributed by atoms with van der Waals surface area (Å²) < 4.78 is 0. The average Bonchev–Trinajstić information content (AvgIpc) is 2.46. The summed E-state index contributed by atoms with van der Waals surface area (Å²) in [4.78, 5) is 2.51. The van der Waals surface area contributed by atoms with Gasteiger partial charge in [-0.15, -0.1) is 0 Å². The Morgan fingerprint density at radius 2 is 1.95 bits per heavy atom. The number of anilines is 1. The SMILES string of the molecule is CCC1(C)CCN(c2cc(Cl)ccc2CNC(C)C)CC1. The summed E-state index contributed by atoms with van der Waals surface area (Å²) in [5.41, 5.74) is 3.19. The number of benzene rings is 1. The minimum Gasteiger partial charge on any atom is -0.371 e. The summed E-state index contributed by atoms with van der Waals surface area (Å²) in [6.07, 6.45) is 3.82. The lowest BCUT2D eigenvalue weighted by atomic mass is 9.78. The lowest BCUT2D eigenvalue weighted by Gasteiger charge is -2.40. The fourth-order valence-electron chi connectivity index (χ4n) is 2.94. The first kappa shape index (κ1) is 16.6. The van der Waals surface area contributed by atoms with Crippen molar-refractivity contribution in [1.82, 2.24) is 5.32 Å². The maximum Gasteiger partial charge on any atom is 0.0426 e. The van der Waals surface area contributed by atoms with E-state index in [9.17, 15) is 0 Å². The van der Waals surface area contributed by atoms with E-state index in [1.807, 2.05) is 6.07 Å². The molecular weight excluding hydrogens is 280 g/mol. The molecule has 1 heterocycles. The molecule has 2 rings (SSSR count). The molecule has 1 fully saturated rings. The minimum atomic E-state index is 0.498. The largest absolute Gasteiger partial charge is 0.371 e. The van der Waals surface area contributed by atoms with Gasteiger partial charge in [-0.25, -0.2) is 0 Å². The summed E-state index contributed by atoms with van der Waals surface area (Å²) in [6, 6.07) is 6.80. The molecule has 0 saturated carbocycles. The summed E-state index contributed by atoms with van der Waals surface area (Å²) in [5, 5.41) is 4.35. The standard InChI is InChI=1S/C18H29ClN2/c1-5-18(4)8-10-21(11-9-18)17-12-16(19)7-6-15(17)13-20-14(2)3/h6-7,12,14,20H,5,8-11,13H2,1-4H3. The van der Waals surface area contributed by atoms with Crippen LogP contribution >= 0.6 is 11.6 Å². The van der Waals surface area contributed by atoms with E-state index >= 15 is 0 Å². The molecule has 0 spiro atoms. The van der Waals surface area contributed by atoms with Gasteiger partial charge in [0.1, 0.15) is 0 Å². The van der Waals surface area contributed by atoms with Crippen molar-refractivity contribution >= 4 is 17.3 Å². The average molecular weight is 309 g/mol. The second kappa shape index (κ2) is 7.02. The Morgan fingerprint density at radius 3 is 2.52 bits per heavy atom. The van der Waals surface area contributed by atoms with Gasteiger partial charge in [-0.1, -0.05) is 51.8 Å². The summed E-state index contributed by atoms with van der Waals surface area (Å²) in [5.74, 6) is 0. The second-order valence-electron chi connectivity index (χ2n) is 6.96. The van der Waals surface area contributed by atoms with Crippen molar-refractivity contribution < 1.29 is 0 Å². The molecule has 0 aromatic heterocycles. The topological polar surface area (TPSA) is 15.3 Å². The third-order valence-corrected chi connectivity index (χ3v) is 5.15. The maximum absolute atomic E-state index is 6.23. The number of rotatable bonds is 5. The van der Waals surface area contributed by atoms with Crippen molar-refractivity contribution in [3.05, 3.63) is 28.8 Å². The van der Waals surface area contributed by atoms with Gasteiger partial charge in [0.2, 0.25) is 0 Å². The molecule has 1 N–H and O–H groups in total. The van der Waals surface area contributed by atoms with Crippen LogP contribution in [0.2, 0.25) is 5.02 Å². The van der Waals surface area contributed by atoms with Crippen molar-refractivity contribution in [3.8, 4) is 0 Å². The van der Waals surface area contributed by atoms with Crippen molar-refractivity contribution in [2.24, 2.45) is 5.41 Å². The van der Waals surface area contributed by atoms with Crippen LogP contribution in [0.25, 0.3) is 0 Å². The Kier molecular flexibility index (Phi) is 5.56. The number of hydrogen-bond donors (Lipinski definition) is 1. The molecule has 3 heteroatoms. The first-order valence-corrected chi connectivity index (χ1v) is 8.58. The van der Waals surface area contributed by atoms with Crippen LogP contribution in [0.3, 0.4) is 0 Å². The zero-order valence-electron chi connectivity index (χ0n) is 13.9. The van der Waals surface area contributed by atoms with Gasteiger partial charge in [0.15, 0.2) is 0 Å². The van der Waals surface area contributed by atoms with Gasteiger partial charge < -0.3 is 10.2 Å². The van der Waals surface area contributed by atoms with Crippen LogP contribution in [-0.4, -0.2) is 19.1 Å². The van der Waals surface area contributed by atoms with E-state index in [1.165, 1.54) is 30.5 Å². The van der Waals surface area contributed by atoms with Crippen LogP contribution < -0.4 is 10.2 Å². The smallest absolute Gasteiger partial charge is 0.0426 e. The normalized spacial score (nSPS) is 18.3. The molecule has 1 saturated heterocycles. The zero-order chi connectivity index (χ0) is 15.5. The van der Waals surface area contributed by atoms with Gasteiger partial charge in [-0.3, -0.25) is 0 Å². The van der Waals surface area contributed by atoms with E-state index in [4.69, 9.17) is 11.6 Å². The Balaban J connectivity index is 2.13. The molecule has 0 unspecified atom stereocenters. The predicted octanol–water partition coefficient (Wildman–Crippen LogP) is 4.85. The van der Waals surface area contributed by atoms with Crippen LogP contribution in [0.4, 0.5) is 5.69 Å². The molecule has 1 aliphatic heterocycles. The first-order valence-electron chi connectivity index (χ1n) is 8.20. The van der Waals surface area contributed by atoms with Gasteiger partial charge in [0, 0.05) is 36.4 Å². The van der Waals surface area contributed by atoms with E-state index in [0.29, 0.717) is 11.5 Å². The van der Waals surface area contributed by atoms with E-state index in [1.54, 1.807) is 0 Å². The molecule has 21 heavy (non-hydrogen) atoms.